The van der Waals surface area contributed by atoms with Crippen LogP contribution >= 0.6 is 0 Å². The Labute approximate surface area is 173 Å². The van der Waals surface area contributed by atoms with Crippen LogP contribution < -0.4 is 19.5 Å². The highest BCUT2D eigenvalue weighted by molar-refractivity contribution is 5.92. The molecule has 1 N–H and O–H groups in total. The maximum Gasteiger partial charge on any atom is 0.244 e. The number of hydrogen-bond acceptors (Lipinski definition) is 4. The summed E-state index contributed by atoms with van der Waals surface area (Å²) in [5, 5.41) is 2.98. The molecule has 1 aliphatic rings. The average molecular weight is 405 g/mol. The van der Waals surface area contributed by atoms with Gasteiger partial charge in [-0.1, -0.05) is 30.3 Å². The largest absolute Gasteiger partial charge is 0.497 e. The molecule has 0 spiro atoms. The maximum absolute atomic E-state index is 13.4. The number of nitrogens with one attached hydrogen (secondary N) is 1. The van der Waals surface area contributed by atoms with Crippen molar-refractivity contribution in [2.45, 2.75) is 6.04 Å². The number of carbonyl (C=O) groups is 1. The highest BCUT2D eigenvalue weighted by atomic mass is 19.1. The van der Waals surface area contributed by atoms with Crippen molar-refractivity contribution in [1.29, 1.82) is 0 Å². The Kier molecular flexibility index (Phi) is 5.66. The van der Waals surface area contributed by atoms with Crippen LogP contribution in [0.3, 0.4) is 0 Å². The molecule has 1 amide bonds. The van der Waals surface area contributed by atoms with Crippen LogP contribution in [-0.4, -0.2) is 19.8 Å². The van der Waals surface area contributed by atoms with Crippen molar-refractivity contribution in [3.8, 4) is 17.2 Å². The van der Waals surface area contributed by atoms with Crippen molar-refractivity contribution in [3.05, 3.63) is 95.3 Å². The van der Waals surface area contributed by atoms with Crippen LogP contribution in [-0.2, 0) is 4.79 Å². The van der Waals surface area contributed by atoms with E-state index < -0.39 is 6.04 Å². The minimum atomic E-state index is -0.439. The minimum Gasteiger partial charge on any atom is -0.497 e. The van der Waals surface area contributed by atoms with E-state index in [0.717, 1.165) is 16.7 Å². The quantitative estimate of drug-likeness (QED) is 0.615. The molecular formula is C24H20FNO4. The lowest BCUT2D eigenvalue weighted by Crippen LogP contribution is -2.27. The summed E-state index contributed by atoms with van der Waals surface area (Å²) in [7, 11) is 1.59. The first-order valence-corrected chi connectivity index (χ1v) is 9.40. The zero-order valence-electron chi connectivity index (χ0n) is 16.3. The summed E-state index contributed by atoms with van der Waals surface area (Å²) < 4.78 is 29.2. The smallest absolute Gasteiger partial charge is 0.244 e. The van der Waals surface area contributed by atoms with Crippen LogP contribution in [0.4, 0.5) is 4.39 Å². The molecule has 0 saturated heterocycles. The first kappa shape index (κ1) is 19.5. The van der Waals surface area contributed by atoms with Gasteiger partial charge in [0.2, 0.25) is 12.7 Å². The van der Waals surface area contributed by atoms with Gasteiger partial charge >= 0.3 is 0 Å². The molecular weight excluding hydrogens is 385 g/mol. The molecule has 152 valence electrons. The first-order valence-electron chi connectivity index (χ1n) is 9.40. The van der Waals surface area contributed by atoms with Gasteiger partial charge in [-0.2, -0.15) is 0 Å². The first-order chi connectivity index (χ1) is 14.6. The fourth-order valence-corrected chi connectivity index (χ4v) is 3.19. The number of carbonyl (C=O) groups excluding carboxylic acids is 1. The lowest BCUT2D eigenvalue weighted by atomic mass is 9.98. The van der Waals surface area contributed by atoms with Gasteiger partial charge in [-0.3, -0.25) is 4.79 Å². The third-order valence-electron chi connectivity index (χ3n) is 4.76. The van der Waals surface area contributed by atoms with E-state index in [1.807, 2.05) is 36.4 Å². The summed E-state index contributed by atoms with van der Waals surface area (Å²) in [6, 6.07) is 18.5. The Morgan fingerprint density at radius 3 is 2.37 bits per heavy atom. The van der Waals surface area contributed by atoms with Crippen LogP contribution in [0.2, 0.25) is 0 Å². The lowest BCUT2D eigenvalue weighted by Gasteiger charge is -2.19. The summed E-state index contributed by atoms with van der Waals surface area (Å²) in [5.74, 6) is 1.44. The second-order valence-electron chi connectivity index (χ2n) is 6.71. The molecule has 0 bridgehead atoms. The van der Waals surface area contributed by atoms with Crippen molar-refractivity contribution in [2.75, 3.05) is 13.9 Å². The van der Waals surface area contributed by atoms with Crippen LogP contribution in [0.15, 0.2) is 72.8 Å². The molecule has 0 aromatic heterocycles. The summed E-state index contributed by atoms with van der Waals surface area (Å²) in [6.07, 6.45) is 3.16. The van der Waals surface area contributed by atoms with Gasteiger partial charge < -0.3 is 19.5 Å². The second kappa shape index (κ2) is 8.69. The van der Waals surface area contributed by atoms with E-state index in [2.05, 4.69) is 5.32 Å². The molecule has 0 fully saturated rings. The van der Waals surface area contributed by atoms with Crippen LogP contribution in [0.25, 0.3) is 6.08 Å². The van der Waals surface area contributed by atoms with Gasteiger partial charge in [0.1, 0.15) is 11.6 Å². The molecule has 1 unspecified atom stereocenters. The topological polar surface area (TPSA) is 56.8 Å². The molecule has 0 aliphatic carbocycles. The molecule has 0 radical (unpaired) electrons. The van der Waals surface area contributed by atoms with E-state index in [1.165, 1.54) is 18.2 Å². The standard InChI is InChI=1S/C24H20FNO4/c1-28-20-10-6-18(7-11-20)24(17-4-8-19(25)9-5-17)26-23(27)13-3-16-2-12-21-22(14-16)30-15-29-21/h2-14,24H,15H2,1H3,(H,26,27). The summed E-state index contributed by atoms with van der Waals surface area (Å²) in [4.78, 5) is 12.6. The second-order valence-corrected chi connectivity index (χ2v) is 6.71. The molecule has 6 heteroatoms. The Hall–Kier alpha value is -3.80. The highest BCUT2D eigenvalue weighted by Crippen LogP contribution is 2.32. The summed E-state index contributed by atoms with van der Waals surface area (Å²) in [5.41, 5.74) is 2.44. The SMILES string of the molecule is COc1ccc(C(NC(=O)C=Cc2ccc3c(c2)OCO3)c2ccc(F)cc2)cc1. The Morgan fingerprint density at radius 1 is 1.00 bits per heavy atom. The zero-order chi connectivity index (χ0) is 20.9. The fraction of sp³-hybridized carbons (Fsp3) is 0.125. The van der Waals surface area contributed by atoms with Gasteiger partial charge in [0.15, 0.2) is 11.5 Å². The number of rotatable bonds is 6. The molecule has 3 aromatic carbocycles. The predicted molar refractivity (Wildman–Crippen MR) is 111 cm³/mol. The molecule has 1 heterocycles. The number of ether oxygens (including phenoxy) is 3. The predicted octanol–water partition coefficient (Wildman–Crippen LogP) is 4.48. The van der Waals surface area contributed by atoms with E-state index >= 15 is 0 Å². The molecule has 4 rings (SSSR count). The minimum absolute atomic E-state index is 0.199. The number of hydrogen-bond donors (Lipinski definition) is 1. The Morgan fingerprint density at radius 2 is 1.67 bits per heavy atom. The monoisotopic (exact) mass is 405 g/mol. The van der Waals surface area contributed by atoms with E-state index in [0.29, 0.717) is 17.2 Å². The number of benzene rings is 3. The van der Waals surface area contributed by atoms with Crippen molar-refractivity contribution in [2.24, 2.45) is 0 Å². The normalized spacial score (nSPS) is 13.3. The van der Waals surface area contributed by atoms with E-state index in [9.17, 15) is 9.18 Å². The number of amides is 1. The number of halogens is 1. The summed E-state index contributed by atoms with van der Waals surface area (Å²) >= 11 is 0. The third kappa shape index (κ3) is 4.43. The number of methoxy groups -OCH3 is 1. The van der Waals surface area contributed by atoms with E-state index in [1.54, 1.807) is 31.4 Å². The van der Waals surface area contributed by atoms with Gasteiger partial charge in [0.05, 0.1) is 13.2 Å². The Balaban J connectivity index is 1.54. The van der Waals surface area contributed by atoms with Crippen molar-refractivity contribution in [3.63, 3.8) is 0 Å². The zero-order valence-corrected chi connectivity index (χ0v) is 16.3. The highest BCUT2D eigenvalue weighted by Gasteiger charge is 2.17. The van der Waals surface area contributed by atoms with Gasteiger partial charge in [0, 0.05) is 6.08 Å². The molecule has 1 atom stereocenters. The molecule has 5 nitrogen and oxygen atoms in total. The van der Waals surface area contributed by atoms with Crippen molar-refractivity contribution >= 4 is 12.0 Å². The number of fused-ring (bicyclic) bond motifs is 1. The lowest BCUT2D eigenvalue weighted by molar-refractivity contribution is -0.116. The van der Waals surface area contributed by atoms with Gasteiger partial charge in [-0.15, -0.1) is 0 Å². The fourth-order valence-electron chi connectivity index (χ4n) is 3.19. The molecule has 0 saturated carbocycles. The average Bonchev–Trinajstić information content (AvgIpc) is 3.25. The maximum atomic E-state index is 13.4. The van der Waals surface area contributed by atoms with Gasteiger partial charge in [-0.05, 0) is 59.2 Å². The van der Waals surface area contributed by atoms with Crippen LogP contribution in [0.5, 0.6) is 17.2 Å². The summed E-state index contributed by atoms with van der Waals surface area (Å²) in [6.45, 7) is 0.199. The van der Waals surface area contributed by atoms with Crippen LogP contribution in [0, 0.1) is 5.82 Å². The Bertz CT molecular complexity index is 1060. The van der Waals surface area contributed by atoms with Crippen molar-refractivity contribution < 1.29 is 23.4 Å². The molecule has 1 aliphatic heterocycles. The van der Waals surface area contributed by atoms with Crippen LogP contribution in [0.1, 0.15) is 22.7 Å². The third-order valence-corrected chi connectivity index (χ3v) is 4.76. The molecule has 3 aromatic rings. The molecule has 30 heavy (non-hydrogen) atoms. The van der Waals surface area contributed by atoms with Gasteiger partial charge in [-0.25, -0.2) is 4.39 Å². The van der Waals surface area contributed by atoms with Gasteiger partial charge in [0.25, 0.3) is 0 Å². The van der Waals surface area contributed by atoms with E-state index in [-0.39, 0.29) is 18.5 Å². The van der Waals surface area contributed by atoms with Crippen molar-refractivity contribution in [1.82, 2.24) is 5.32 Å². The van der Waals surface area contributed by atoms with E-state index in [4.69, 9.17) is 14.2 Å².